The highest BCUT2D eigenvalue weighted by molar-refractivity contribution is 6.46. The van der Waals surface area contributed by atoms with E-state index in [0.29, 0.717) is 5.75 Å². The number of ether oxygens (including phenoxy) is 2. The van der Waals surface area contributed by atoms with E-state index in [4.69, 9.17) is 14.0 Å². The van der Waals surface area contributed by atoms with Crippen LogP contribution in [0.15, 0.2) is 30.3 Å². The van der Waals surface area contributed by atoms with Crippen molar-refractivity contribution in [1.29, 1.82) is 0 Å². The number of rotatable bonds is 3. The number of methoxy groups -OCH3 is 1. The highest BCUT2D eigenvalue weighted by Crippen LogP contribution is 2.15. The summed E-state index contributed by atoms with van der Waals surface area (Å²) in [4.78, 5) is 33.8. The van der Waals surface area contributed by atoms with Gasteiger partial charge in [-0.05, 0) is 12.1 Å². The molecule has 0 radical (unpaired) electrons. The molecule has 1 atom stereocenters. The Morgan fingerprint density at radius 3 is 2.57 bits per heavy atom. The average molecular weight is 294 g/mol. The number of para-hydroxylation sites is 1. The number of hydrogen-bond acceptors (Lipinski definition) is 8. The number of carbonyl (C=O) groups excluding carboxylic acids is 3. The Labute approximate surface area is 120 Å². The second-order valence-corrected chi connectivity index (χ2v) is 3.88. The molecule has 0 amide bonds. The van der Waals surface area contributed by atoms with E-state index in [1.807, 2.05) is 0 Å². The summed E-state index contributed by atoms with van der Waals surface area (Å²) >= 11 is 0. The second-order valence-electron chi connectivity index (χ2n) is 3.88. The van der Waals surface area contributed by atoms with Crippen molar-refractivity contribution in [3.8, 4) is 5.75 Å². The minimum absolute atomic E-state index is 0.162. The molecule has 1 unspecified atom stereocenters. The van der Waals surface area contributed by atoms with Gasteiger partial charge < -0.3 is 23.4 Å². The molecule has 110 valence electrons. The molecule has 9 heteroatoms. The summed E-state index contributed by atoms with van der Waals surface area (Å²) in [5.41, 5.74) is 0. The Morgan fingerprint density at radius 1 is 1.19 bits per heavy atom. The predicted octanol–water partition coefficient (Wildman–Crippen LogP) is -0.292. The average Bonchev–Trinajstić information content (AvgIpc) is 2.96. The third kappa shape index (κ3) is 4.04. The fourth-order valence-electron chi connectivity index (χ4n) is 1.45. The largest absolute Gasteiger partial charge is 0.716 e. The van der Waals surface area contributed by atoms with Crippen molar-refractivity contribution in [2.45, 2.75) is 6.10 Å². The first-order valence-corrected chi connectivity index (χ1v) is 5.93. The van der Waals surface area contributed by atoms with Crippen molar-refractivity contribution < 1.29 is 37.8 Å². The maximum atomic E-state index is 11.8. The van der Waals surface area contributed by atoms with Gasteiger partial charge in [-0.2, -0.15) is 0 Å². The number of benzene rings is 1. The molecule has 1 aliphatic rings. The van der Waals surface area contributed by atoms with Gasteiger partial charge in [0.1, 0.15) is 5.75 Å². The van der Waals surface area contributed by atoms with Crippen LogP contribution in [0, 0.1) is 0 Å². The van der Waals surface area contributed by atoms with Crippen LogP contribution in [0.2, 0.25) is 0 Å². The predicted molar refractivity (Wildman–Crippen MR) is 66.8 cm³/mol. The number of hydrogen-bond donors (Lipinski definition) is 0. The molecule has 0 bridgehead atoms. The molecule has 1 saturated heterocycles. The van der Waals surface area contributed by atoms with Crippen LogP contribution in [0.3, 0.4) is 0 Å². The van der Waals surface area contributed by atoms with Crippen molar-refractivity contribution >= 4 is 25.2 Å². The Balaban J connectivity index is 1.83. The summed E-state index contributed by atoms with van der Waals surface area (Å²) in [5, 5.41) is 0. The molecular weight excluding hydrogens is 283 g/mol. The number of carbonyl (C=O) groups is 3. The maximum absolute atomic E-state index is 11.8. The Hall–Kier alpha value is -2.39. The molecule has 1 fully saturated rings. The summed E-state index contributed by atoms with van der Waals surface area (Å²) in [6.07, 6.45) is -1.05. The van der Waals surface area contributed by atoms with E-state index < -0.39 is 31.3 Å². The van der Waals surface area contributed by atoms with E-state index in [1.165, 1.54) is 0 Å². The lowest BCUT2D eigenvalue weighted by atomic mass is 10.2. The SMILES string of the molecule is COC(=O)C(=O)OB1OCC(C(=O)Oc2ccccc2)O1. The summed E-state index contributed by atoms with van der Waals surface area (Å²) in [6, 6.07) is 8.38. The normalized spacial score (nSPS) is 17.2. The van der Waals surface area contributed by atoms with Crippen molar-refractivity contribution in [1.82, 2.24) is 0 Å². The summed E-state index contributed by atoms with van der Waals surface area (Å²) < 4.78 is 23.7. The Bertz CT molecular complexity index is 531. The van der Waals surface area contributed by atoms with Gasteiger partial charge in [-0.1, -0.05) is 18.2 Å². The van der Waals surface area contributed by atoms with Crippen LogP contribution >= 0.6 is 0 Å². The monoisotopic (exact) mass is 294 g/mol. The number of esters is 2. The van der Waals surface area contributed by atoms with Crippen LogP contribution in [0.4, 0.5) is 0 Å². The van der Waals surface area contributed by atoms with Crippen molar-refractivity contribution in [3.63, 3.8) is 0 Å². The zero-order valence-corrected chi connectivity index (χ0v) is 11.0. The minimum atomic E-state index is -1.45. The van der Waals surface area contributed by atoms with Gasteiger partial charge in [0.15, 0.2) is 6.10 Å². The Morgan fingerprint density at radius 2 is 1.90 bits per heavy atom. The van der Waals surface area contributed by atoms with E-state index in [-0.39, 0.29) is 6.61 Å². The van der Waals surface area contributed by atoms with E-state index in [0.717, 1.165) is 7.11 Å². The van der Waals surface area contributed by atoms with Crippen LogP contribution in [0.5, 0.6) is 5.75 Å². The zero-order chi connectivity index (χ0) is 15.2. The quantitative estimate of drug-likeness (QED) is 0.324. The van der Waals surface area contributed by atoms with Crippen molar-refractivity contribution in [2.24, 2.45) is 0 Å². The summed E-state index contributed by atoms with van der Waals surface area (Å²) in [7, 11) is -0.426. The van der Waals surface area contributed by atoms with Gasteiger partial charge in [-0.3, -0.25) is 0 Å². The van der Waals surface area contributed by atoms with Crippen LogP contribution in [-0.4, -0.2) is 45.0 Å². The van der Waals surface area contributed by atoms with Gasteiger partial charge >= 0.3 is 25.2 Å². The highest BCUT2D eigenvalue weighted by atomic mass is 16.8. The molecule has 1 aromatic carbocycles. The molecule has 1 heterocycles. The van der Waals surface area contributed by atoms with Crippen molar-refractivity contribution in [3.05, 3.63) is 30.3 Å². The van der Waals surface area contributed by atoms with Crippen LogP contribution in [0.1, 0.15) is 0 Å². The fourth-order valence-corrected chi connectivity index (χ4v) is 1.45. The molecule has 2 rings (SSSR count). The first kappa shape index (κ1) is 15.0. The van der Waals surface area contributed by atoms with Gasteiger partial charge in [0.2, 0.25) is 0 Å². The standard InChI is InChI=1S/C12H11BO8/c1-17-11(15)12(16)21-13-18-7-9(20-13)10(14)19-8-5-3-2-4-6-8/h2-6,9H,7H2,1H3. The van der Waals surface area contributed by atoms with E-state index in [1.54, 1.807) is 30.3 Å². The first-order chi connectivity index (χ1) is 10.1. The molecule has 0 aromatic heterocycles. The summed E-state index contributed by atoms with van der Waals surface area (Å²) in [6.45, 7) is -0.162. The lowest BCUT2D eigenvalue weighted by Crippen LogP contribution is -2.32. The van der Waals surface area contributed by atoms with Gasteiger partial charge in [-0.15, -0.1) is 0 Å². The van der Waals surface area contributed by atoms with Gasteiger partial charge in [0, 0.05) is 0 Å². The molecule has 0 aliphatic carbocycles. The molecule has 8 nitrogen and oxygen atoms in total. The van der Waals surface area contributed by atoms with E-state index in [2.05, 4.69) is 9.39 Å². The smallest absolute Gasteiger partial charge is 0.476 e. The third-order valence-electron chi connectivity index (χ3n) is 2.44. The molecule has 0 spiro atoms. The summed E-state index contributed by atoms with van der Waals surface area (Å²) in [5.74, 6) is -2.82. The third-order valence-corrected chi connectivity index (χ3v) is 2.44. The lowest BCUT2D eigenvalue weighted by molar-refractivity contribution is -0.162. The highest BCUT2D eigenvalue weighted by Gasteiger charge is 2.43. The molecule has 0 saturated carbocycles. The minimum Gasteiger partial charge on any atom is -0.476 e. The fraction of sp³-hybridized carbons (Fsp3) is 0.250. The lowest BCUT2D eigenvalue weighted by Gasteiger charge is -2.09. The molecule has 0 N–H and O–H groups in total. The van der Waals surface area contributed by atoms with Crippen LogP contribution < -0.4 is 4.74 Å². The molecular formula is C12H11BO8. The van der Waals surface area contributed by atoms with Gasteiger partial charge in [-0.25, -0.2) is 14.4 Å². The van der Waals surface area contributed by atoms with Gasteiger partial charge in [0.25, 0.3) is 0 Å². The van der Waals surface area contributed by atoms with Crippen LogP contribution in [-0.2, 0) is 33.1 Å². The van der Waals surface area contributed by atoms with E-state index >= 15 is 0 Å². The topological polar surface area (TPSA) is 97.4 Å². The first-order valence-electron chi connectivity index (χ1n) is 5.93. The van der Waals surface area contributed by atoms with Gasteiger partial charge in [0.05, 0.1) is 13.7 Å². The van der Waals surface area contributed by atoms with Crippen LogP contribution in [0.25, 0.3) is 0 Å². The molecule has 1 aliphatic heterocycles. The maximum Gasteiger partial charge on any atom is 0.716 e. The molecule has 21 heavy (non-hydrogen) atoms. The Kier molecular flexibility index (Phi) is 4.91. The second kappa shape index (κ2) is 6.86. The molecule has 1 aromatic rings. The van der Waals surface area contributed by atoms with E-state index in [9.17, 15) is 14.4 Å². The van der Waals surface area contributed by atoms with Crippen molar-refractivity contribution in [2.75, 3.05) is 13.7 Å². The zero-order valence-electron chi connectivity index (χ0n) is 11.0.